The number of nitro benzene ring substituents is 1. The molecule has 0 saturated heterocycles. The number of hydrogen-bond donors (Lipinski definition) is 3. The van der Waals surface area contributed by atoms with Gasteiger partial charge in [0.25, 0.3) is 5.69 Å². The highest BCUT2D eigenvalue weighted by Gasteiger charge is 2.08. The SMILES string of the molecule is O=C(Nc1cn[nH]c1)Nc1cccc([N+](=O)[O-])c1. The van der Waals surface area contributed by atoms with Crippen molar-refractivity contribution in [1.29, 1.82) is 0 Å². The highest BCUT2D eigenvalue weighted by atomic mass is 16.6. The van der Waals surface area contributed by atoms with Crippen LogP contribution < -0.4 is 10.6 Å². The molecule has 0 saturated carbocycles. The standard InChI is InChI=1S/C10H9N5O3/c16-10(14-8-5-11-12-6-8)13-7-2-1-3-9(4-7)15(17)18/h1-6H,(H,11,12)(H2,13,14,16). The van der Waals surface area contributed by atoms with Crippen LogP contribution in [0.1, 0.15) is 0 Å². The van der Waals surface area contributed by atoms with Crippen LogP contribution in [0.15, 0.2) is 36.7 Å². The summed E-state index contributed by atoms with van der Waals surface area (Å²) in [5.74, 6) is 0. The van der Waals surface area contributed by atoms with E-state index < -0.39 is 11.0 Å². The molecule has 0 radical (unpaired) electrons. The Balaban J connectivity index is 2.03. The fraction of sp³-hybridized carbons (Fsp3) is 0. The molecule has 0 aliphatic rings. The van der Waals surface area contributed by atoms with E-state index in [2.05, 4.69) is 20.8 Å². The Morgan fingerprint density at radius 3 is 2.78 bits per heavy atom. The zero-order valence-corrected chi connectivity index (χ0v) is 9.08. The summed E-state index contributed by atoms with van der Waals surface area (Å²) in [5.41, 5.74) is 0.749. The highest BCUT2D eigenvalue weighted by molar-refractivity contribution is 5.99. The molecule has 92 valence electrons. The van der Waals surface area contributed by atoms with Crippen molar-refractivity contribution < 1.29 is 9.72 Å². The molecule has 0 fully saturated rings. The number of carbonyl (C=O) groups is 1. The Hall–Kier alpha value is -2.90. The van der Waals surface area contributed by atoms with Crippen molar-refractivity contribution in [2.45, 2.75) is 0 Å². The zero-order chi connectivity index (χ0) is 13.0. The lowest BCUT2D eigenvalue weighted by molar-refractivity contribution is -0.384. The van der Waals surface area contributed by atoms with Crippen LogP contribution in [0.4, 0.5) is 21.9 Å². The van der Waals surface area contributed by atoms with Gasteiger partial charge in [-0.05, 0) is 6.07 Å². The number of aromatic amines is 1. The average molecular weight is 247 g/mol. The van der Waals surface area contributed by atoms with E-state index in [1.54, 1.807) is 6.07 Å². The van der Waals surface area contributed by atoms with Crippen molar-refractivity contribution >= 4 is 23.1 Å². The third-order valence-corrected chi connectivity index (χ3v) is 2.07. The fourth-order valence-corrected chi connectivity index (χ4v) is 1.31. The number of hydrogen-bond acceptors (Lipinski definition) is 4. The van der Waals surface area contributed by atoms with E-state index in [9.17, 15) is 14.9 Å². The first-order valence-corrected chi connectivity index (χ1v) is 4.96. The maximum absolute atomic E-state index is 11.5. The quantitative estimate of drug-likeness (QED) is 0.568. The topological polar surface area (TPSA) is 113 Å². The molecule has 0 unspecified atom stereocenters. The summed E-state index contributed by atoms with van der Waals surface area (Å²) in [6.45, 7) is 0. The van der Waals surface area contributed by atoms with Crippen molar-refractivity contribution in [1.82, 2.24) is 10.2 Å². The van der Waals surface area contributed by atoms with E-state index in [0.29, 0.717) is 11.4 Å². The second-order valence-corrected chi connectivity index (χ2v) is 3.37. The molecule has 8 nitrogen and oxygen atoms in total. The predicted molar refractivity (Wildman–Crippen MR) is 64.3 cm³/mol. The van der Waals surface area contributed by atoms with Crippen LogP contribution in [0.25, 0.3) is 0 Å². The van der Waals surface area contributed by atoms with E-state index >= 15 is 0 Å². The van der Waals surface area contributed by atoms with Gasteiger partial charge in [0.05, 0.1) is 16.8 Å². The van der Waals surface area contributed by atoms with Crippen LogP contribution in [0.5, 0.6) is 0 Å². The third kappa shape index (κ3) is 2.82. The molecule has 3 N–H and O–H groups in total. The summed E-state index contributed by atoms with van der Waals surface area (Å²) >= 11 is 0. The smallest absolute Gasteiger partial charge is 0.307 e. The lowest BCUT2D eigenvalue weighted by atomic mass is 10.3. The predicted octanol–water partition coefficient (Wildman–Crippen LogP) is 1.96. The van der Waals surface area contributed by atoms with Gasteiger partial charge in [-0.15, -0.1) is 0 Å². The maximum atomic E-state index is 11.5. The number of nitro groups is 1. The number of urea groups is 1. The zero-order valence-electron chi connectivity index (χ0n) is 9.08. The van der Waals surface area contributed by atoms with Crippen molar-refractivity contribution in [2.75, 3.05) is 10.6 Å². The van der Waals surface area contributed by atoms with E-state index in [1.807, 2.05) is 0 Å². The molecule has 0 bridgehead atoms. The van der Waals surface area contributed by atoms with Crippen LogP contribution >= 0.6 is 0 Å². The number of nitrogens with zero attached hydrogens (tertiary/aromatic N) is 2. The molecule has 1 aromatic heterocycles. The molecule has 0 spiro atoms. The van der Waals surface area contributed by atoms with Crippen LogP contribution in [-0.4, -0.2) is 21.2 Å². The van der Waals surface area contributed by atoms with Gasteiger partial charge in [0.2, 0.25) is 0 Å². The first-order valence-electron chi connectivity index (χ1n) is 4.96. The summed E-state index contributed by atoms with van der Waals surface area (Å²) in [6, 6.07) is 5.17. The van der Waals surface area contributed by atoms with Gasteiger partial charge in [0, 0.05) is 24.0 Å². The molecule has 2 amide bonds. The number of aromatic nitrogens is 2. The average Bonchev–Trinajstić information content (AvgIpc) is 2.82. The van der Waals surface area contributed by atoms with E-state index in [0.717, 1.165) is 0 Å². The van der Waals surface area contributed by atoms with Gasteiger partial charge in [-0.25, -0.2) is 4.79 Å². The Kier molecular flexibility index (Phi) is 3.19. The number of benzene rings is 1. The Morgan fingerprint density at radius 2 is 2.11 bits per heavy atom. The van der Waals surface area contributed by atoms with Crippen molar-refractivity contribution in [3.63, 3.8) is 0 Å². The molecule has 2 aromatic rings. The summed E-state index contributed by atoms with van der Waals surface area (Å²) < 4.78 is 0. The first-order chi connectivity index (χ1) is 8.65. The van der Waals surface area contributed by atoms with Gasteiger partial charge >= 0.3 is 6.03 Å². The van der Waals surface area contributed by atoms with Gasteiger partial charge in [0.15, 0.2) is 0 Å². The Labute approximate surface area is 101 Å². The minimum absolute atomic E-state index is 0.0869. The molecule has 1 aromatic carbocycles. The number of anilines is 2. The monoisotopic (exact) mass is 247 g/mol. The number of non-ortho nitro benzene ring substituents is 1. The minimum atomic E-state index is -0.529. The second kappa shape index (κ2) is 4.95. The van der Waals surface area contributed by atoms with Gasteiger partial charge in [-0.3, -0.25) is 15.2 Å². The Bertz CT molecular complexity index is 567. The maximum Gasteiger partial charge on any atom is 0.323 e. The van der Waals surface area contributed by atoms with Crippen LogP contribution in [-0.2, 0) is 0 Å². The molecular formula is C10H9N5O3. The van der Waals surface area contributed by atoms with Crippen molar-refractivity contribution in [3.05, 3.63) is 46.8 Å². The lowest BCUT2D eigenvalue weighted by Crippen LogP contribution is -2.19. The van der Waals surface area contributed by atoms with Crippen LogP contribution in [0, 0.1) is 10.1 Å². The molecule has 1 heterocycles. The third-order valence-electron chi connectivity index (χ3n) is 2.07. The molecule has 2 rings (SSSR count). The number of H-pyrrole nitrogens is 1. The highest BCUT2D eigenvalue weighted by Crippen LogP contribution is 2.17. The Morgan fingerprint density at radius 1 is 1.33 bits per heavy atom. The minimum Gasteiger partial charge on any atom is -0.307 e. The number of rotatable bonds is 3. The molecule has 0 atom stereocenters. The van der Waals surface area contributed by atoms with Gasteiger partial charge < -0.3 is 10.6 Å². The summed E-state index contributed by atoms with van der Waals surface area (Å²) in [4.78, 5) is 21.6. The van der Waals surface area contributed by atoms with E-state index in [-0.39, 0.29) is 5.69 Å². The molecule has 0 aliphatic carbocycles. The largest absolute Gasteiger partial charge is 0.323 e. The molecular weight excluding hydrogens is 238 g/mol. The van der Waals surface area contributed by atoms with Gasteiger partial charge in [-0.2, -0.15) is 5.10 Å². The summed E-state index contributed by atoms with van der Waals surface area (Å²) in [5, 5.41) is 21.7. The van der Waals surface area contributed by atoms with Crippen molar-refractivity contribution in [3.8, 4) is 0 Å². The first kappa shape index (κ1) is 11.6. The molecule has 18 heavy (non-hydrogen) atoms. The van der Waals surface area contributed by atoms with E-state index in [1.165, 1.54) is 30.6 Å². The number of carbonyl (C=O) groups excluding carboxylic acids is 1. The van der Waals surface area contributed by atoms with Gasteiger partial charge in [-0.1, -0.05) is 6.07 Å². The number of nitrogens with one attached hydrogen (secondary N) is 3. The normalized spacial score (nSPS) is 9.78. The van der Waals surface area contributed by atoms with Gasteiger partial charge in [0.1, 0.15) is 0 Å². The fourth-order valence-electron chi connectivity index (χ4n) is 1.31. The van der Waals surface area contributed by atoms with Crippen LogP contribution in [0.2, 0.25) is 0 Å². The summed E-state index contributed by atoms with van der Waals surface area (Å²) in [6.07, 6.45) is 2.94. The summed E-state index contributed by atoms with van der Waals surface area (Å²) in [7, 11) is 0. The van der Waals surface area contributed by atoms with Crippen LogP contribution in [0.3, 0.4) is 0 Å². The van der Waals surface area contributed by atoms with E-state index in [4.69, 9.17) is 0 Å². The molecule has 0 aliphatic heterocycles. The second-order valence-electron chi connectivity index (χ2n) is 3.37. The number of amides is 2. The molecule has 8 heteroatoms. The lowest BCUT2D eigenvalue weighted by Gasteiger charge is -2.05. The van der Waals surface area contributed by atoms with Crippen molar-refractivity contribution in [2.24, 2.45) is 0 Å².